The molecule has 4 nitrogen and oxygen atoms in total. The number of Topliss-reactive ketones (excluding diaryl/α,β-unsaturated/α-hetero) is 1. The van der Waals surface area contributed by atoms with Crippen molar-refractivity contribution < 1.29 is 19.0 Å². The minimum absolute atomic E-state index is 0.130. The second kappa shape index (κ2) is 6.24. The smallest absolute Gasteiger partial charge is 0.183 e. The molecule has 2 aliphatic heterocycles. The molecular weight excluding hydrogens is 324 g/mol. The molecule has 1 saturated heterocycles. The number of rotatable bonds is 2. The molecule has 1 fully saturated rings. The van der Waals surface area contributed by atoms with Gasteiger partial charge < -0.3 is 14.2 Å². The monoisotopic (exact) mass is 342 g/mol. The van der Waals surface area contributed by atoms with Gasteiger partial charge in [0, 0.05) is 21.8 Å². The van der Waals surface area contributed by atoms with E-state index in [9.17, 15) is 4.79 Å². The van der Waals surface area contributed by atoms with Gasteiger partial charge in [0.15, 0.2) is 12.1 Å². The fraction of sp³-hybridized carbons (Fsp3) is 0.316. The molecule has 0 radical (unpaired) electrons. The lowest BCUT2D eigenvalue weighted by Crippen LogP contribution is -2.48. The van der Waals surface area contributed by atoms with E-state index in [1.54, 1.807) is 18.9 Å². The number of ether oxygens (including phenoxy) is 3. The quantitative estimate of drug-likeness (QED) is 0.832. The zero-order chi connectivity index (χ0) is 16.6. The number of carbonyl (C=O) groups is 1. The summed E-state index contributed by atoms with van der Waals surface area (Å²) in [6, 6.07) is 15.4. The van der Waals surface area contributed by atoms with E-state index >= 15 is 0 Å². The van der Waals surface area contributed by atoms with Gasteiger partial charge in [-0.1, -0.05) is 30.3 Å². The number of thioether (sulfide) groups is 1. The maximum Gasteiger partial charge on any atom is 0.183 e. The van der Waals surface area contributed by atoms with Crippen molar-refractivity contribution in [1.29, 1.82) is 0 Å². The van der Waals surface area contributed by atoms with Gasteiger partial charge in [0.05, 0.1) is 25.7 Å². The lowest BCUT2D eigenvalue weighted by atomic mass is 9.82. The van der Waals surface area contributed by atoms with E-state index in [1.165, 1.54) is 0 Å². The molecule has 5 heteroatoms. The summed E-state index contributed by atoms with van der Waals surface area (Å²) in [6.45, 7) is 0.758. The zero-order valence-electron chi connectivity index (χ0n) is 13.4. The van der Waals surface area contributed by atoms with Crippen molar-refractivity contribution in [3.8, 4) is 5.75 Å². The second-order valence-electron chi connectivity index (χ2n) is 6.12. The number of fused-ring (bicyclic) bond motifs is 1. The minimum Gasteiger partial charge on any atom is -0.497 e. The summed E-state index contributed by atoms with van der Waals surface area (Å²) in [4.78, 5) is 14.0. The number of benzene rings is 2. The molecule has 1 spiro atoms. The van der Waals surface area contributed by atoms with Gasteiger partial charge in [-0.3, -0.25) is 4.79 Å². The lowest BCUT2D eigenvalue weighted by Gasteiger charge is -2.41. The van der Waals surface area contributed by atoms with Gasteiger partial charge in [-0.05, 0) is 18.2 Å². The highest BCUT2D eigenvalue weighted by atomic mass is 32.2. The number of methoxy groups -OCH3 is 1. The SMILES string of the molecule is COc1ccc(C2OCC3(CO2)CSc2ccccc2C3=O)cc1. The van der Waals surface area contributed by atoms with Gasteiger partial charge >= 0.3 is 0 Å². The number of ketones is 1. The molecule has 0 bridgehead atoms. The largest absolute Gasteiger partial charge is 0.497 e. The summed E-state index contributed by atoms with van der Waals surface area (Å²) in [5, 5.41) is 0. The minimum atomic E-state index is -0.581. The Morgan fingerprint density at radius 2 is 1.79 bits per heavy atom. The van der Waals surface area contributed by atoms with Crippen LogP contribution in [0.4, 0.5) is 0 Å². The summed E-state index contributed by atoms with van der Waals surface area (Å²) >= 11 is 1.70. The van der Waals surface area contributed by atoms with Crippen LogP contribution in [0.5, 0.6) is 5.75 Å². The fourth-order valence-corrected chi connectivity index (χ4v) is 4.30. The summed E-state index contributed by atoms with van der Waals surface area (Å²) in [7, 11) is 1.64. The molecule has 0 aliphatic carbocycles. The first-order valence-electron chi connectivity index (χ1n) is 7.86. The molecule has 0 saturated carbocycles. The third-order valence-electron chi connectivity index (χ3n) is 4.53. The molecule has 2 aromatic rings. The van der Waals surface area contributed by atoms with Crippen LogP contribution >= 0.6 is 11.8 Å². The summed E-state index contributed by atoms with van der Waals surface area (Å²) in [5.74, 6) is 1.62. The van der Waals surface area contributed by atoms with Crippen molar-refractivity contribution in [2.24, 2.45) is 5.41 Å². The number of hydrogen-bond acceptors (Lipinski definition) is 5. The van der Waals surface area contributed by atoms with Crippen LogP contribution < -0.4 is 4.74 Å². The van der Waals surface area contributed by atoms with Crippen molar-refractivity contribution >= 4 is 17.5 Å². The van der Waals surface area contributed by atoms with Gasteiger partial charge in [-0.2, -0.15) is 0 Å². The fourth-order valence-electron chi connectivity index (χ4n) is 3.08. The van der Waals surface area contributed by atoms with Crippen LogP contribution in [0.25, 0.3) is 0 Å². The molecule has 2 aliphatic rings. The maximum absolute atomic E-state index is 12.9. The van der Waals surface area contributed by atoms with Crippen LogP contribution in [-0.2, 0) is 9.47 Å². The zero-order valence-corrected chi connectivity index (χ0v) is 14.2. The van der Waals surface area contributed by atoms with Gasteiger partial charge in [0.2, 0.25) is 0 Å². The third kappa shape index (κ3) is 2.62. The molecule has 124 valence electrons. The highest BCUT2D eigenvalue weighted by Gasteiger charge is 2.47. The molecule has 4 rings (SSSR count). The van der Waals surface area contributed by atoms with Crippen LogP contribution in [0.15, 0.2) is 53.4 Å². The van der Waals surface area contributed by atoms with E-state index in [4.69, 9.17) is 14.2 Å². The van der Waals surface area contributed by atoms with Crippen LogP contribution in [0.3, 0.4) is 0 Å². The average Bonchev–Trinajstić information content (AvgIpc) is 2.66. The Hall–Kier alpha value is -1.82. The van der Waals surface area contributed by atoms with Gasteiger partial charge in [0.25, 0.3) is 0 Å². The molecule has 0 aromatic heterocycles. The van der Waals surface area contributed by atoms with E-state index in [2.05, 4.69) is 0 Å². The highest BCUT2D eigenvalue weighted by Crippen LogP contribution is 2.43. The van der Waals surface area contributed by atoms with Crippen LogP contribution in [0.1, 0.15) is 22.2 Å². The van der Waals surface area contributed by atoms with Crippen molar-refractivity contribution in [3.63, 3.8) is 0 Å². The number of carbonyl (C=O) groups excluding carboxylic acids is 1. The topological polar surface area (TPSA) is 44.8 Å². The summed E-state index contributed by atoms with van der Waals surface area (Å²) < 4.78 is 17.0. The van der Waals surface area contributed by atoms with E-state index in [0.29, 0.717) is 19.0 Å². The molecular formula is C19H18O4S. The number of hydrogen-bond donors (Lipinski definition) is 0. The van der Waals surface area contributed by atoms with Crippen LogP contribution in [-0.4, -0.2) is 31.9 Å². The molecule has 0 atom stereocenters. The molecule has 2 aromatic carbocycles. The van der Waals surface area contributed by atoms with E-state index in [0.717, 1.165) is 21.8 Å². The molecule has 0 unspecified atom stereocenters. The molecule has 0 amide bonds. The first kappa shape index (κ1) is 15.7. The van der Waals surface area contributed by atoms with E-state index in [1.807, 2.05) is 48.5 Å². The van der Waals surface area contributed by atoms with E-state index in [-0.39, 0.29) is 5.78 Å². The van der Waals surface area contributed by atoms with Crippen molar-refractivity contribution in [3.05, 3.63) is 59.7 Å². The van der Waals surface area contributed by atoms with Crippen molar-refractivity contribution in [2.45, 2.75) is 11.2 Å². The Bertz CT molecular complexity index is 748. The normalized spacial score (nSPS) is 26.2. The molecule has 0 N–H and O–H groups in total. The van der Waals surface area contributed by atoms with Gasteiger partial charge in [-0.15, -0.1) is 11.8 Å². The standard InChI is InChI=1S/C19H18O4S/c1-21-14-8-6-13(7-9-14)18-22-10-19(11-23-18)12-24-16-5-3-2-4-15(16)17(19)20/h2-9,18H,10-12H2,1H3. The van der Waals surface area contributed by atoms with Crippen molar-refractivity contribution in [2.75, 3.05) is 26.1 Å². The Labute approximate surface area is 145 Å². The first-order valence-corrected chi connectivity index (χ1v) is 8.84. The average molecular weight is 342 g/mol. The van der Waals surface area contributed by atoms with Gasteiger partial charge in [-0.25, -0.2) is 0 Å². The third-order valence-corrected chi connectivity index (χ3v) is 5.89. The first-order chi connectivity index (χ1) is 11.7. The molecule has 2 heterocycles. The lowest BCUT2D eigenvalue weighted by molar-refractivity contribution is -0.217. The predicted octanol–water partition coefficient (Wildman–Crippen LogP) is 3.72. The maximum atomic E-state index is 12.9. The van der Waals surface area contributed by atoms with Crippen LogP contribution in [0.2, 0.25) is 0 Å². The Kier molecular flexibility index (Phi) is 4.08. The summed E-state index contributed by atoms with van der Waals surface area (Å²) in [6.07, 6.45) is -0.434. The predicted molar refractivity (Wildman–Crippen MR) is 91.6 cm³/mol. The van der Waals surface area contributed by atoms with E-state index < -0.39 is 11.7 Å². The van der Waals surface area contributed by atoms with Crippen LogP contribution in [0, 0.1) is 5.41 Å². The Balaban J connectivity index is 1.50. The van der Waals surface area contributed by atoms with Crippen molar-refractivity contribution in [1.82, 2.24) is 0 Å². The summed E-state index contributed by atoms with van der Waals surface area (Å²) in [5.41, 5.74) is 1.13. The Morgan fingerprint density at radius 3 is 2.50 bits per heavy atom. The second-order valence-corrected chi connectivity index (χ2v) is 7.14. The highest BCUT2D eigenvalue weighted by molar-refractivity contribution is 7.99. The molecule has 24 heavy (non-hydrogen) atoms. The Morgan fingerprint density at radius 1 is 1.08 bits per heavy atom. The van der Waals surface area contributed by atoms with Gasteiger partial charge in [0.1, 0.15) is 5.75 Å².